The van der Waals surface area contributed by atoms with Crippen LogP contribution in [0.1, 0.15) is 35.0 Å². The molecule has 0 atom stereocenters. The molecule has 3 aromatic rings. The van der Waals surface area contributed by atoms with Gasteiger partial charge in [-0.05, 0) is 24.1 Å². The molecule has 3 heterocycles. The molecule has 0 saturated heterocycles. The van der Waals surface area contributed by atoms with Gasteiger partial charge in [-0.2, -0.15) is 5.10 Å². The molecule has 0 amide bonds. The molecule has 3 rings (SSSR count). The Morgan fingerprint density at radius 2 is 2.12 bits per heavy atom. The van der Waals surface area contributed by atoms with Gasteiger partial charge < -0.3 is 4.57 Å². The lowest BCUT2D eigenvalue weighted by atomic mass is 10.0. The third-order valence-corrected chi connectivity index (χ3v) is 4.06. The first-order valence-electron chi connectivity index (χ1n) is 7.76. The first kappa shape index (κ1) is 17.2. The fourth-order valence-electron chi connectivity index (χ4n) is 2.64. The minimum absolute atomic E-state index is 0.0869. The van der Waals surface area contributed by atoms with Gasteiger partial charge in [0, 0.05) is 18.6 Å². The van der Waals surface area contributed by atoms with Crippen LogP contribution in [0.5, 0.6) is 0 Å². The van der Waals surface area contributed by atoms with Gasteiger partial charge in [0.1, 0.15) is 5.69 Å². The van der Waals surface area contributed by atoms with Crippen LogP contribution in [0.2, 0.25) is 5.15 Å². The van der Waals surface area contributed by atoms with E-state index in [2.05, 4.69) is 20.2 Å². The molecule has 0 aromatic carbocycles. The van der Waals surface area contributed by atoms with Gasteiger partial charge in [-0.15, -0.1) is 5.10 Å². The number of nitrogens with zero attached hydrogens (tertiary/aromatic N) is 5. The number of imidazole rings is 1. The highest BCUT2D eigenvalue weighted by molar-refractivity contribution is 6.31. The lowest BCUT2D eigenvalue weighted by Crippen LogP contribution is -2.11. The zero-order valence-electron chi connectivity index (χ0n) is 13.5. The van der Waals surface area contributed by atoms with Gasteiger partial charge >= 0.3 is 0 Å². The highest BCUT2D eigenvalue weighted by atomic mass is 35.5. The molecule has 0 unspecified atom stereocenters. The summed E-state index contributed by atoms with van der Waals surface area (Å²) < 4.78 is 15.8. The van der Waals surface area contributed by atoms with Crippen molar-refractivity contribution in [1.29, 1.82) is 0 Å². The summed E-state index contributed by atoms with van der Waals surface area (Å²) in [5.41, 5.74) is 1.85. The molecule has 8 heteroatoms. The molecule has 3 aromatic heterocycles. The average molecular weight is 360 g/mol. The summed E-state index contributed by atoms with van der Waals surface area (Å²) >= 11 is 5.98. The van der Waals surface area contributed by atoms with E-state index in [0.717, 1.165) is 12.0 Å². The number of pyridine rings is 1. The van der Waals surface area contributed by atoms with Gasteiger partial charge in [-0.3, -0.25) is 4.79 Å². The number of aldehydes is 1. The summed E-state index contributed by atoms with van der Waals surface area (Å²) in [6.45, 7) is 2.28. The molecule has 0 aliphatic rings. The van der Waals surface area contributed by atoms with Crippen LogP contribution in [0.15, 0.2) is 30.7 Å². The highest BCUT2D eigenvalue weighted by Crippen LogP contribution is 2.23. The predicted molar refractivity (Wildman–Crippen MR) is 90.9 cm³/mol. The van der Waals surface area contributed by atoms with E-state index in [0.29, 0.717) is 29.8 Å². The molecule has 0 bridgehead atoms. The van der Waals surface area contributed by atoms with Gasteiger partial charge in [0.05, 0.1) is 17.8 Å². The van der Waals surface area contributed by atoms with Crippen LogP contribution in [-0.2, 0) is 13.0 Å². The molecule has 0 radical (unpaired) electrons. The van der Waals surface area contributed by atoms with Crippen molar-refractivity contribution < 1.29 is 9.18 Å². The average Bonchev–Trinajstić information content (AvgIpc) is 3.06. The molecule has 6 nitrogen and oxygen atoms in total. The third kappa shape index (κ3) is 3.41. The lowest BCUT2D eigenvalue weighted by molar-refractivity contribution is 0.112. The van der Waals surface area contributed by atoms with Crippen LogP contribution >= 0.6 is 11.6 Å². The van der Waals surface area contributed by atoms with Crippen LogP contribution < -0.4 is 0 Å². The number of halogens is 2. The smallest absolute Gasteiger partial charge is 0.162 e. The molecule has 0 saturated carbocycles. The molecular formula is C17H15ClFN5O. The van der Waals surface area contributed by atoms with Gasteiger partial charge in [-0.1, -0.05) is 24.9 Å². The normalized spacial score (nSPS) is 10.8. The second-order valence-electron chi connectivity index (χ2n) is 5.41. The number of hydrogen-bond acceptors (Lipinski definition) is 5. The maximum absolute atomic E-state index is 14.0. The van der Waals surface area contributed by atoms with Gasteiger partial charge in [0.15, 0.2) is 23.1 Å². The lowest BCUT2D eigenvalue weighted by Gasteiger charge is -2.13. The first-order valence-corrected chi connectivity index (χ1v) is 8.14. The second kappa shape index (κ2) is 7.48. The maximum atomic E-state index is 14.0. The van der Waals surface area contributed by atoms with Crippen molar-refractivity contribution in [2.75, 3.05) is 0 Å². The Balaban J connectivity index is 2.04. The SMILES string of the molecule is CCCc1c(Cn2ccnc2-c2ncccc2F)nnc(Cl)c1C=O. The summed E-state index contributed by atoms with van der Waals surface area (Å²) in [6, 6.07) is 2.85. The Kier molecular flexibility index (Phi) is 5.14. The van der Waals surface area contributed by atoms with Crippen molar-refractivity contribution in [2.24, 2.45) is 0 Å². The van der Waals surface area contributed by atoms with Crippen molar-refractivity contribution in [3.63, 3.8) is 0 Å². The molecule has 0 aliphatic heterocycles. The van der Waals surface area contributed by atoms with E-state index < -0.39 is 5.82 Å². The van der Waals surface area contributed by atoms with Crippen LogP contribution in [0.4, 0.5) is 4.39 Å². The number of rotatable bonds is 6. The fraction of sp³-hybridized carbons (Fsp3) is 0.235. The Labute approximate surface area is 148 Å². The zero-order chi connectivity index (χ0) is 17.8. The molecule has 0 N–H and O–H groups in total. The summed E-state index contributed by atoms with van der Waals surface area (Å²) in [5.74, 6) is -0.0792. The molecule has 0 aliphatic carbocycles. The molecule has 25 heavy (non-hydrogen) atoms. The van der Waals surface area contributed by atoms with E-state index in [9.17, 15) is 9.18 Å². The van der Waals surface area contributed by atoms with E-state index in [1.807, 2.05) is 6.92 Å². The number of aromatic nitrogens is 5. The topological polar surface area (TPSA) is 73.6 Å². The Morgan fingerprint density at radius 3 is 2.84 bits per heavy atom. The van der Waals surface area contributed by atoms with E-state index >= 15 is 0 Å². The number of carbonyl (C=O) groups is 1. The number of carbonyl (C=O) groups excluding carboxylic acids is 1. The molecular weight excluding hydrogens is 345 g/mol. The summed E-state index contributed by atoms with van der Waals surface area (Å²) in [4.78, 5) is 19.6. The standard InChI is InChI=1S/C17H15ClFN5O/c1-2-4-11-12(10-25)16(18)23-22-14(11)9-24-8-7-21-17(24)15-13(19)5-3-6-20-15/h3,5-8,10H,2,4,9H2,1H3. The van der Waals surface area contributed by atoms with Crippen molar-refractivity contribution in [2.45, 2.75) is 26.3 Å². The maximum Gasteiger partial charge on any atom is 0.162 e. The molecule has 0 spiro atoms. The van der Waals surface area contributed by atoms with Crippen molar-refractivity contribution in [1.82, 2.24) is 24.7 Å². The molecule has 128 valence electrons. The predicted octanol–water partition coefficient (Wildman–Crippen LogP) is 3.34. The summed E-state index contributed by atoms with van der Waals surface area (Å²) in [5, 5.41) is 8.07. The minimum atomic E-state index is -0.459. The highest BCUT2D eigenvalue weighted by Gasteiger charge is 2.17. The van der Waals surface area contributed by atoms with E-state index in [4.69, 9.17) is 11.6 Å². The third-order valence-electron chi connectivity index (χ3n) is 3.78. The van der Waals surface area contributed by atoms with Gasteiger partial charge in [-0.25, -0.2) is 14.4 Å². The van der Waals surface area contributed by atoms with E-state index in [1.165, 1.54) is 18.3 Å². The van der Waals surface area contributed by atoms with Crippen LogP contribution in [0.3, 0.4) is 0 Å². The quantitative estimate of drug-likeness (QED) is 0.631. The van der Waals surface area contributed by atoms with E-state index in [-0.39, 0.29) is 17.4 Å². The first-order chi connectivity index (χ1) is 12.2. The Bertz CT molecular complexity index is 912. The van der Waals surface area contributed by atoms with Crippen molar-refractivity contribution >= 4 is 17.9 Å². The minimum Gasteiger partial charge on any atom is -0.324 e. The largest absolute Gasteiger partial charge is 0.324 e. The van der Waals surface area contributed by atoms with Gasteiger partial charge in [0.2, 0.25) is 0 Å². The van der Waals surface area contributed by atoms with Gasteiger partial charge in [0.25, 0.3) is 0 Å². The summed E-state index contributed by atoms with van der Waals surface area (Å²) in [7, 11) is 0. The van der Waals surface area contributed by atoms with Crippen molar-refractivity contribution in [3.05, 3.63) is 58.5 Å². The summed E-state index contributed by atoms with van der Waals surface area (Å²) in [6.07, 6.45) is 6.93. The van der Waals surface area contributed by atoms with E-state index in [1.54, 1.807) is 17.0 Å². The monoisotopic (exact) mass is 359 g/mol. The molecule has 0 fully saturated rings. The Hall–Kier alpha value is -2.67. The Morgan fingerprint density at radius 1 is 1.28 bits per heavy atom. The van der Waals surface area contributed by atoms with Crippen molar-refractivity contribution in [3.8, 4) is 11.5 Å². The second-order valence-corrected chi connectivity index (χ2v) is 5.77. The van der Waals surface area contributed by atoms with Crippen LogP contribution in [-0.4, -0.2) is 31.0 Å². The fourth-order valence-corrected chi connectivity index (χ4v) is 2.84. The van der Waals surface area contributed by atoms with Crippen LogP contribution in [0, 0.1) is 5.82 Å². The van der Waals surface area contributed by atoms with Crippen LogP contribution in [0.25, 0.3) is 11.5 Å². The zero-order valence-corrected chi connectivity index (χ0v) is 14.2. The number of hydrogen-bond donors (Lipinski definition) is 0.